The van der Waals surface area contributed by atoms with Crippen LogP contribution in [-0.4, -0.2) is 22.3 Å². The standard InChI is InChI=1S/C6H8N4O2/c7-5(12)1-4-6(10-3-11)9-2-8-4/h2-3H,1H2,(H2,7,12)(H,8,9)(H,10,11). The largest absolute Gasteiger partial charge is 0.369 e. The van der Waals surface area contributed by atoms with E-state index in [1.807, 2.05) is 0 Å². The van der Waals surface area contributed by atoms with E-state index in [0.717, 1.165) is 0 Å². The summed E-state index contributed by atoms with van der Waals surface area (Å²) in [6.07, 6.45) is 1.90. The van der Waals surface area contributed by atoms with Crippen LogP contribution in [0.3, 0.4) is 0 Å². The normalized spacial score (nSPS) is 9.33. The van der Waals surface area contributed by atoms with Crippen molar-refractivity contribution in [2.45, 2.75) is 6.42 Å². The molecule has 1 aromatic heterocycles. The Kier molecular flexibility index (Phi) is 2.42. The van der Waals surface area contributed by atoms with E-state index in [1.165, 1.54) is 6.33 Å². The number of carbonyl (C=O) groups is 2. The van der Waals surface area contributed by atoms with Gasteiger partial charge >= 0.3 is 0 Å². The Morgan fingerprint density at radius 1 is 1.83 bits per heavy atom. The van der Waals surface area contributed by atoms with Crippen molar-refractivity contribution in [2.24, 2.45) is 5.73 Å². The number of anilines is 1. The highest BCUT2D eigenvalue weighted by Gasteiger charge is 2.06. The summed E-state index contributed by atoms with van der Waals surface area (Å²) in [7, 11) is 0. The van der Waals surface area contributed by atoms with E-state index in [2.05, 4.69) is 15.3 Å². The van der Waals surface area contributed by atoms with Gasteiger partial charge in [0, 0.05) is 0 Å². The summed E-state index contributed by atoms with van der Waals surface area (Å²) in [6.45, 7) is 0. The van der Waals surface area contributed by atoms with E-state index in [0.29, 0.717) is 17.9 Å². The van der Waals surface area contributed by atoms with Gasteiger partial charge in [0.25, 0.3) is 0 Å². The van der Waals surface area contributed by atoms with Gasteiger partial charge in [0.2, 0.25) is 12.3 Å². The van der Waals surface area contributed by atoms with Crippen LogP contribution in [-0.2, 0) is 16.0 Å². The van der Waals surface area contributed by atoms with Crippen LogP contribution in [0.2, 0.25) is 0 Å². The number of rotatable bonds is 4. The van der Waals surface area contributed by atoms with Crippen molar-refractivity contribution >= 4 is 18.1 Å². The van der Waals surface area contributed by atoms with Crippen molar-refractivity contribution in [1.29, 1.82) is 0 Å². The van der Waals surface area contributed by atoms with E-state index in [1.54, 1.807) is 0 Å². The van der Waals surface area contributed by atoms with Gasteiger partial charge in [0.15, 0.2) is 5.82 Å². The number of nitrogens with one attached hydrogen (secondary N) is 2. The quantitative estimate of drug-likeness (QED) is 0.503. The maximum atomic E-state index is 10.5. The first kappa shape index (κ1) is 8.25. The maximum Gasteiger partial charge on any atom is 0.223 e. The molecule has 0 saturated carbocycles. The minimum atomic E-state index is -0.479. The zero-order chi connectivity index (χ0) is 8.97. The molecule has 1 rings (SSSR count). The van der Waals surface area contributed by atoms with Crippen LogP contribution in [0.25, 0.3) is 0 Å². The number of carbonyl (C=O) groups excluding carboxylic acids is 2. The molecule has 0 radical (unpaired) electrons. The summed E-state index contributed by atoms with van der Waals surface area (Å²) < 4.78 is 0. The highest BCUT2D eigenvalue weighted by atomic mass is 16.1. The second-order valence-corrected chi connectivity index (χ2v) is 2.13. The molecule has 1 aromatic rings. The number of nitrogens with two attached hydrogens (primary N) is 1. The molecule has 2 amide bonds. The Bertz CT molecular complexity index is 293. The topological polar surface area (TPSA) is 101 Å². The SMILES string of the molecule is NC(=O)Cc1[nH]cnc1NC=O. The number of hydrogen-bond donors (Lipinski definition) is 3. The van der Waals surface area contributed by atoms with Crippen LogP contribution in [0.5, 0.6) is 0 Å². The molecule has 0 aromatic carbocycles. The van der Waals surface area contributed by atoms with E-state index in [4.69, 9.17) is 5.73 Å². The van der Waals surface area contributed by atoms with Gasteiger partial charge in [0.05, 0.1) is 18.4 Å². The van der Waals surface area contributed by atoms with E-state index in [-0.39, 0.29) is 6.42 Å². The van der Waals surface area contributed by atoms with Crippen molar-refractivity contribution in [1.82, 2.24) is 9.97 Å². The molecule has 0 unspecified atom stereocenters. The lowest BCUT2D eigenvalue weighted by molar-refractivity contribution is -0.117. The zero-order valence-electron chi connectivity index (χ0n) is 6.20. The molecule has 0 fully saturated rings. The fraction of sp³-hybridized carbons (Fsp3) is 0.167. The number of nitrogens with zero attached hydrogens (tertiary/aromatic N) is 1. The first-order valence-electron chi connectivity index (χ1n) is 3.24. The second kappa shape index (κ2) is 3.51. The number of hydrogen-bond acceptors (Lipinski definition) is 3. The summed E-state index contributed by atoms with van der Waals surface area (Å²) in [5.74, 6) is -0.142. The fourth-order valence-electron chi connectivity index (χ4n) is 0.810. The summed E-state index contributed by atoms with van der Waals surface area (Å²) in [5, 5.41) is 2.33. The smallest absolute Gasteiger partial charge is 0.223 e. The van der Waals surface area contributed by atoms with Crippen LogP contribution >= 0.6 is 0 Å². The highest BCUT2D eigenvalue weighted by Crippen LogP contribution is 2.07. The number of imidazole rings is 1. The third-order valence-corrected chi connectivity index (χ3v) is 1.26. The van der Waals surface area contributed by atoms with Gasteiger partial charge in [-0.3, -0.25) is 9.59 Å². The first-order valence-corrected chi connectivity index (χ1v) is 3.24. The molecule has 1 heterocycles. The Morgan fingerprint density at radius 2 is 2.58 bits per heavy atom. The van der Waals surface area contributed by atoms with Crippen molar-refractivity contribution in [3.63, 3.8) is 0 Å². The molecular formula is C6H8N4O2. The minimum Gasteiger partial charge on any atom is -0.369 e. The fourth-order valence-corrected chi connectivity index (χ4v) is 0.810. The van der Waals surface area contributed by atoms with Crippen LogP contribution in [0.15, 0.2) is 6.33 Å². The van der Waals surface area contributed by atoms with Gasteiger partial charge in [-0.15, -0.1) is 0 Å². The van der Waals surface area contributed by atoms with Crippen molar-refractivity contribution in [3.05, 3.63) is 12.0 Å². The first-order chi connectivity index (χ1) is 5.74. The summed E-state index contributed by atoms with van der Waals surface area (Å²) in [5.41, 5.74) is 5.45. The number of amides is 2. The summed E-state index contributed by atoms with van der Waals surface area (Å²) >= 11 is 0. The molecule has 0 aliphatic carbocycles. The van der Waals surface area contributed by atoms with Gasteiger partial charge in [0.1, 0.15) is 0 Å². The van der Waals surface area contributed by atoms with E-state index < -0.39 is 5.91 Å². The van der Waals surface area contributed by atoms with Crippen LogP contribution < -0.4 is 11.1 Å². The predicted molar refractivity (Wildman–Crippen MR) is 41.2 cm³/mol. The molecule has 0 aliphatic heterocycles. The van der Waals surface area contributed by atoms with Gasteiger partial charge < -0.3 is 16.0 Å². The monoisotopic (exact) mass is 168 g/mol. The third-order valence-electron chi connectivity index (χ3n) is 1.26. The van der Waals surface area contributed by atoms with Crippen molar-refractivity contribution in [2.75, 3.05) is 5.32 Å². The van der Waals surface area contributed by atoms with Gasteiger partial charge in [-0.05, 0) is 0 Å². The summed E-state index contributed by atoms with van der Waals surface area (Å²) in [6, 6.07) is 0. The molecule has 0 aliphatic rings. The zero-order valence-corrected chi connectivity index (χ0v) is 6.20. The molecule has 6 heteroatoms. The van der Waals surface area contributed by atoms with Gasteiger partial charge in [-0.25, -0.2) is 4.98 Å². The van der Waals surface area contributed by atoms with Gasteiger partial charge in [-0.2, -0.15) is 0 Å². The minimum absolute atomic E-state index is 0.0379. The molecule has 64 valence electrons. The predicted octanol–water partition coefficient (Wildman–Crippen LogP) is -0.994. The molecule has 0 bridgehead atoms. The number of aromatic amines is 1. The van der Waals surface area contributed by atoms with E-state index in [9.17, 15) is 9.59 Å². The van der Waals surface area contributed by atoms with Crippen LogP contribution in [0.4, 0.5) is 5.82 Å². The van der Waals surface area contributed by atoms with Crippen molar-refractivity contribution in [3.8, 4) is 0 Å². The maximum absolute atomic E-state index is 10.5. The highest BCUT2D eigenvalue weighted by molar-refractivity contribution is 5.79. The lowest BCUT2D eigenvalue weighted by Crippen LogP contribution is -2.15. The Morgan fingerprint density at radius 3 is 3.17 bits per heavy atom. The molecule has 0 spiro atoms. The van der Waals surface area contributed by atoms with E-state index >= 15 is 0 Å². The average molecular weight is 168 g/mol. The van der Waals surface area contributed by atoms with Crippen LogP contribution in [0, 0.1) is 0 Å². The average Bonchev–Trinajstić information content (AvgIpc) is 2.37. The van der Waals surface area contributed by atoms with Gasteiger partial charge in [-0.1, -0.05) is 0 Å². The second-order valence-electron chi connectivity index (χ2n) is 2.13. The Labute approximate surface area is 68.2 Å². The molecular weight excluding hydrogens is 160 g/mol. The lowest BCUT2D eigenvalue weighted by Gasteiger charge is -1.96. The molecule has 4 N–H and O–H groups in total. The molecule has 0 atom stereocenters. The molecule has 6 nitrogen and oxygen atoms in total. The number of aromatic nitrogens is 2. The molecule has 12 heavy (non-hydrogen) atoms. The third kappa shape index (κ3) is 1.82. The number of H-pyrrole nitrogens is 1. The van der Waals surface area contributed by atoms with Crippen molar-refractivity contribution < 1.29 is 9.59 Å². The summed E-state index contributed by atoms with van der Waals surface area (Å²) in [4.78, 5) is 27.0. The number of primary amides is 1. The Hall–Kier alpha value is -1.85. The molecule has 0 saturated heterocycles. The lowest BCUT2D eigenvalue weighted by atomic mass is 10.3. The van der Waals surface area contributed by atoms with Crippen LogP contribution in [0.1, 0.15) is 5.69 Å². The Balaban J connectivity index is 2.76.